The zero-order valence-electron chi connectivity index (χ0n) is 16.2. The molecule has 0 spiro atoms. The average molecular weight is 401 g/mol. The molecular weight excluding hydrogens is 378 g/mol. The van der Waals surface area contributed by atoms with Crippen LogP contribution in [0.15, 0.2) is 30.5 Å². The van der Waals surface area contributed by atoms with Gasteiger partial charge in [0.05, 0.1) is 67.7 Å². The van der Waals surface area contributed by atoms with Crippen LogP contribution in [-0.4, -0.2) is 65.9 Å². The third-order valence-corrected chi connectivity index (χ3v) is 5.65. The number of methoxy groups -OCH3 is 1. The number of carbonyl (C=O) groups is 1. The molecule has 1 aliphatic heterocycles. The number of nitrogens with zero attached hydrogens (tertiary/aromatic N) is 4. The number of hydrogen-bond donors (Lipinski definition) is 1. The fourth-order valence-electron chi connectivity index (χ4n) is 3.52. The third-order valence-electron chi connectivity index (χ3n) is 5.26. The second kappa shape index (κ2) is 7.41. The zero-order valence-corrected chi connectivity index (χ0v) is 17.0. The molecule has 1 amide bonds. The lowest BCUT2D eigenvalue weighted by molar-refractivity contribution is -0.883. The minimum Gasteiger partial charge on any atom is -0.497 e. The van der Waals surface area contributed by atoms with E-state index in [1.807, 2.05) is 36.1 Å². The maximum atomic E-state index is 13.0. The molecule has 0 unspecified atom stereocenters. The zero-order chi connectivity index (χ0) is 19.8. The second-order valence-corrected chi connectivity index (χ2v) is 7.51. The van der Waals surface area contributed by atoms with Crippen molar-refractivity contribution < 1.29 is 14.4 Å². The van der Waals surface area contributed by atoms with Crippen molar-refractivity contribution in [1.82, 2.24) is 19.7 Å². The van der Waals surface area contributed by atoms with Gasteiger partial charge in [0, 0.05) is 6.20 Å². The van der Waals surface area contributed by atoms with Gasteiger partial charge in [-0.3, -0.25) is 4.79 Å². The number of halogens is 1. The van der Waals surface area contributed by atoms with Crippen LogP contribution >= 0.6 is 11.6 Å². The Morgan fingerprint density at radius 3 is 2.54 bits per heavy atom. The monoisotopic (exact) mass is 400 g/mol. The first kappa shape index (κ1) is 18.7. The number of quaternary nitrogens is 1. The maximum Gasteiger partial charge on any atom is 0.257 e. The lowest BCUT2D eigenvalue weighted by Crippen LogP contribution is -3.12. The highest BCUT2D eigenvalue weighted by Crippen LogP contribution is 2.31. The highest BCUT2D eigenvalue weighted by atomic mass is 35.5. The highest BCUT2D eigenvalue weighted by Gasteiger charge is 2.26. The topological polar surface area (TPSA) is 64.7 Å². The van der Waals surface area contributed by atoms with Gasteiger partial charge in [0.2, 0.25) is 0 Å². The maximum absolute atomic E-state index is 13.0. The van der Waals surface area contributed by atoms with E-state index in [9.17, 15) is 4.79 Å². The van der Waals surface area contributed by atoms with Crippen molar-refractivity contribution in [1.29, 1.82) is 0 Å². The lowest BCUT2D eigenvalue weighted by Gasteiger charge is -2.30. The van der Waals surface area contributed by atoms with Gasteiger partial charge in [0.1, 0.15) is 5.75 Å². The summed E-state index contributed by atoms with van der Waals surface area (Å²) < 4.78 is 6.95. The molecule has 1 fully saturated rings. The van der Waals surface area contributed by atoms with E-state index in [1.54, 1.807) is 18.0 Å². The van der Waals surface area contributed by atoms with Gasteiger partial charge in [-0.15, -0.1) is 0 Å². The predicted molar refractivity (Wildman–Crippen MR) is 108 cm³/mol. The molecule has 4 rings (SSSR count). The SMILES string of the molecule is COc1ccc(-n2nc(C)c3c(Cl)c(C(=O)N4CC[NH+](C)CC4)cnc32)cc1. The van der Waals surface area contributed by atoms with Crippen LogP contribution in [0.3, 0.4) is 0 Å². The normalized spacial score (nSPS) is 15.2. The fraction of sp³-hybridized carbons (Fsp3) is 0.350. The number of aromatic nitrogens is 3. The molecule has 3 heterocycles. The van der Waals surface area contributed by atoms with Crippen molar-refractivity contribution >= 4 is 28.5 Å². The Balaban J connectivity index is 1.73. The number of benzene rings is 1. The standard InChI is InChI=1S/C20H22ClN5O2/c1-13-17-18(21)16(20(27)25-10-8-24(2)9-11-25)12-22-19(17)26(23-13)14-4-6-15(28-3)7-5-14/h4-7,12H,8-11H2,1-3H3/p+1. The van der Waals surface area contributed by atoms with E-state index < -0.39 is 0 Å². The Hall–Kier alpha value is -2.64. The number of aryl methyl sites for hydroxylation is 1. The van der Waals surface area contributed by atoms with Crippen molar-refractivity contribution in [2.45, 2.75) is 6.92 Å². The number of hydrogen-bond acceptors (Lipinski definition) is 4. The molecule has 1 N–H and O–H groups in total. The summed E-state index contributed by atoms with van der Waals surface area (Å²) in [6.07, 6.45) is 1.57. The van der Waals surface area contributed by atoms with Gasteiger partial charge in [0.15, 0.2) is 5.65 Å². The van der Waals surface area contributed by atoms with Crippen LogP contribution < -0.4 is 9.64 Å². The van der Waals surface area contributed by atoms with Gasteiger partial charge >= 0.3 is 0 Å². The third kappa shape index (κ3) is 3.21. The number of likely N-dealkylation sites (N-methyl/N-ethyl adjacent to an activating group) is 1. The Kier molecular flexibility index (Phi) is 4.95. The van der Waals surface area contributed by atoms with Crippen LogP contribution in [-0.2, 0) is 0 Å². The predicted octanol–water partition coefficient (Wildman–Crippen LogP) is 1.36. The van der Waals surface area contributed by atoms with E-state index in [1.165, 1.54) is 4.90 Å². The first-order valence-electron chi connectivity index (χ1n) is 9.28. The van der Waals surface area contributed by atoms with Gasteiger partial charge in [0.25, 0.3) is 5.91 Å². The van der Waals surface area contributed by atoms with Crippen molar-refractivity contribution in [3.8, 4) is 11.4 Å². The van der Waals surface area contributed by atoms with Crippen LogP contribution in [0, 0.1) is 6.92 Å². The highest BCUT2D eigenvalue weighted by molar-refractivity contribution is 6.38. The number of fused-ring (bicyclic) bond motifs is 1. The quantitative estimate of drug-likeness (QED) is 0.721. The van der Waals surface area contributed by atoms with Gasteiger partial charge in [-0.2, -0.15) is 5.10 Å². The number of carbonyl (C=O) groups excluding carboxylic acids is 1. The number of amides is 1. The summed E-state index contributed by atoms with van der Waals surface area (Å²) in [5, 5.41) is 5.73. The van der Waals surface area contributed by atoms with Crippen LogP contribution in [0.25, 0.3) is 16.7 Å². The molecule has 146 valence electrons. The number of pyridine rings is 1. The summed E-state index contributed by atoms with van der Waals surface area (Å²) in [7, 11) is 3.77. The second-order valence-electron chi connectivity index (χ2n) is 7.13. The molecule has 7 nitrogen and oxygen atoms in total. The number of ether oxygens (including phenoxy) is 1. The van der Waals surface area contributed by atoms with Crippen molar-refractivity contribution in [2.24, 2.45) is 0 Å². The first-order valence-corrected chi connectivity index (χ1v) is 9.66. The summed E-state index contributed by atoms with van der Waals surface area (Å²) in [4.78, 5) is 20.8. The Bertz CT molecular complexity index is 1020. The number of piperazine rings is 1. The van der Waals surface area contributed by atoms with E-state index >= 15 is 0 Å². The van der Waals surface area contributed by atoms with Crippen molar-refractivity contribution in [2.75, 3.05) is 40.3 Å². The number of rotatable bonds is 3. The Morgan fingerprint density at radius 2 is 1.89 bits per heavy atom. The molecule has 2 aromatic heterocycles. The molecule has 3 aromatic rings. The number of nitrogens with one attached hydrogen (secondary N) is 1. The molecule has 0 saturated carbocycles. The summed E-state index contributed by atoms with van der Waals surface area (Å²) >= 11 is 6.67. The van der Waals surface area contributed by atoms with E-state index in [0.717, 1.165) is 43.3 Å². The van der Waals surface area contributed by atoms with Crippen LogP contribution in [0.2, 0.25) is 5.02 Å². The van der Waals surface area contributed by atoms with E-state index in [2.05, 4.69) is 17.1 Å². The molecule has 1 aliphatic rings. The van der Waals surface area contributed by atoms with Gasteiger partial charge in [-0.1, -0.05) is 11.6 Å². The van der Waals surface area contributed by atoms with E-state index in [-0.39, 0.29) is 5.91 Å². The summed E-state index contributed by atoms with van der Waals surface area (Å²) in [5.74, 6) is 0.702. The molecule has 8 heteroatoms. The molecule has 1 aromatic carbocycles. The minimum atomic E-state index is -0.0662. The van der Waals surface area contributed by atoms with Crippen LogP contribution in [0.4, 0.5) is 0 Å². The Morgan fingerprint density at radius 1 is 1.21 bits per heavy atom. The molecular formula is C20H23ClN5O2+. The average Bonchev–Trinajstić information content (AvgIpc) is 3.06. The molecule has 0 radical (unpaired) electrons. The smallest absolute Gasteiger partial charge is 0.257 e. The van der Waals surface area contributed by atoms with Crippen LogP contribution in [0.1, 0.15) is 16.1 Å². The van der Waals surface area contributed by atoms with Gasteiger partial charge in [-0.05, 0) is 31.2 Å². The van der Waals surface area contributed by atoms with Gasteiger partial charge in [-0.25, -0.2) is 9.67 Å². The van der Waals surface area contributed by atoms with Crippen molar-refractivity contribution in [3.05, 3.63) is 46.7 Å². The fourth-order valence-corrected chi connectivity index (χ4v) is 3.87. The Labute approximate surface area is 168 Å². The minimum absolute atomic E-state index is 0.0662. The molecule has 0 aliphatic carbocycles. The summed E-state index contributed by atoms with van der Waals surface area (Å²) in [6, 6.07) is 7.55. The van der Waals surface area contributed by atoms with Crippen molar-refractivity contribution in [3.63, 3.8) is 0 Å². The van der Waals surface area contributed by atoms with E-state index in [4.69, 9.17) is 16.3 Å². The van der Waals surface area contributed by atoms with Gasteiger partial charge < -0.3 is 14.5 Å². The summed E-state index contributed by atoms with van der Waals surface area (Å²) in [5.41, 5.74) is 2.66. The molecule has 28 heavy (non-hydrogen) atoms. The molecule has 0 atom stereocenters. The summed E-state index contributed by atoms with van der Waals surface area (Å²) in [6.45, 7) is 5.20. The molecule has 1 saturated heterocycles. The largest absolute Gasteiger partial charge is 0.497 e. The lowest BCUT2D eigenvalue weighted by atomic mass is 10.1. The first-order chi connectivity index (χ1) is 13.5. The van der Waals surface area contributed by atoms with E-state index in [0.29, 0.717) is 21.6 Å². The molecule has 0 bridgehead atoms. The van der Waals surface area contributed by atoms with Crippen LogP contribution in [0.5, 0.6) is 5.75 Å².